The molecule has 0 saturated heterocycles. The van der Waals surface area contributed by atoms with E-state index in [1.54, 1.807) is 12.1 Å². The second-order valence-corrected chi connectivity index (χ2v) is 5.28. The molecule has 2 rings (SSSR count). The highest BCUT2D eigenvalue weighted by Crippen LogP contribution is 2.26. The summed E-state index contributed by atoms with van der Waals surface area (Å²) in [6, 6.07) is 10.6. The number of nitrogens with two attached hydrogens (primary N) is 1. The number of hydrogen-bond acceptors (Lipinski definition) is 1. The van der Waals surface area contributed by atoms with Crippen LogP contribution in [0.25, 0.3) is 0 Å². The van der Waals surface area contributed by atoms with Crippen LogP contribution in [0.4, 0.5) is 4.39 Å². The second kappa shape index (κ2) is 5.72. The first-order valence-corrected chi connectivity index (χ1v) is 6.62. The third kappa shape index (κ3) is 3.14. The Balaban J connectivity index is 2.31. The summed E-state index contributed by atoms with van der Waals surface area (Å²) in [5.74, 6) is -0.298. The maximum Gasteiger partial charge on any atom is 0.127 e. The molecule has 2 N–H and O–H groups in total. The zero-order valence-corrected chi connectivity index (χ0v) is 11.8. The molecule has 0 amide bonds. The number of rotatable bonds is 3. The van der Waals surface area contributed by atoms with Gasteiger partial charge < -0.3 is 5.73 Å². The first-order valence-electron chi connectivity index (χ1n) is 6.24. The Morgan fingerprint density at radius 1 is 1.21 bits per heavy atom. The smallest absolute Gasteiger partial charge is 0.127 e. The lowest BCUT2D eigenvalue weighted by molar-refractivity contribution is 0.593. The Hall–Kier alpha value is -1.38. The molecule has 0 fully saturated rings. The van der Waals surface area contributed by atoms with Crippen LogP contribution in [-0.2, 0) is 6.42 Å². The molecule has 0 aliphatic heterocycles. The number of aryl methyl sites for hydroxylation is 2. The SMILES string of the molecule is Cc1ccc(C)c(C(N)Cc2c(F)cccc2Cl)c1. The molecule has 3 heteroatoms. The van der Waals surface area contributed by atoms with Crippen LogP contribution >= 0.6 is 11.6 Å². The van der Waals surface area contributed by atoms with Gasteiger partial charge in [-0.2, -0.15) is 0 Å². The predicted molar refractivity (Wildman–Crippen MR) is 78.0 cm³/mol. The van der Waals surface area contributed by atoms with E-state index in [1.807, 2.05) is 26.0 Å². The maximum absolute atomic E-state index is 13.8. The summed E-state index contributed by atoms with van der Waals surface area (Å²) in [7, 11) is 0. The van der Waals surface area contributed by atoms with Crippen LogP contribution in [0.1, 0.15) is 28.3 Å². The molecule has 0 aliphatic carbocycles. The number of benzene rings is 2. The maximum atomic E-state index is 13.8. The normalized spacial score (nSPS) is 12.5. The molecule has 0 aliphatic rings. The first kappa shape index (κ1) is 14.0. The third-order valence-corrected chi connectivity index (χ3v) is 3.67. The predicted octanol–water partition coefficient (Wildman–Crippen LogP) is 4.34. The molecule has 1 nitrogen and oxygen atoms in total. The van der Waals surface area contributed by atoms with E-state index in [4.69, 9.17) is 17.3 Å². The average Bonchev–Trinajstić information content (AvgIpc) is 2.37. The number of halogens is 2. The summed E-state index contributed by atoms with van der Waals surface area (Å²) < 4.78 is 13.8. The van der Waals surface area contributed by atoms with Crippen LogP contribution in [0.5, 0.6) is 0 Å². The highest BCUT2D eigenvalue weighted by atomic mass is 35.5. The molecular formula is C16H17ClFN. The molecule has 1 unspecified atom stereocenters. The molecule has 0 spiro atoms. The molecule has 0 saturated carbocycles. The van der Waals surface area contributed by atoms with E-state index >= 15 is 0 Å². The van der Waals surface area contributed by atoms with Gasteiger partial charge in [-0.1, -0.05) is 41.4 Å². The fourth-order valence-corrected chi connectivity index (χ4v) is 2.46. The summed E-state index contributed by atoms with van der Waals surface area (Å²) in [5.41, 5.74) is 10.00. The van der Waals surface area contributed by atoms with E-state index < -0.39 is 0 Å². The van der Waals surface area contributed by atoms with Gasteiger partial charge in [-0.15, -0.1) is 0 Å². The van der Waals surface area contributed by atoms with Crippen molar-refractivity contribution < 1.29 is 4.39 Å². The second-order valence-electron chi connectivity index (χ2n) is 4.87. The lowest BCUT2D eigenvalue weighted by Gasteiger charge is -2.17. The van der Waals surface area contributed by atoms with Gasteiger partial charge in [0.05, 0.1) is 0 Å². The van der Waals surface area contributed by atoms with Crippen molar-refractivity contribution in [3.63, 3.8) is 0 Å². The van der Waals surface area contributed by atoms with Gasteiger partial charge in [0, 0.05) is 16.6 Å². The Bertz CT molecular complexity index is 575. The highest BCUT2D eigenvalue weighted by molar-refractivity contribution is 6.31. The standard InChI is InChI=1S/C16H17ClFN/c1-10-6-7-11(2)12(8-10)16(19)9-13-14(17)4-3-5-15(13)18/h3-8,16H,9,19H2,1-2H3. The van der Waals surface area contributed by atoms with E-state index in [0.717, 1.165) is 16.7 Å². The minimum absolute atomic E-state index is 0.255. The molecule has 0 radical (unpaired) electrons. The quantitative estimate of drug-likeness (QED) is 0.887. The Morgan fingerprint density at radius 2 is 1.95 bits per heavy atom. The molecule has 2 aromatic rings. The van der Waals surface area contributed by atoms with Crippen LogP contribution in [0.2, 0.25) is 5.02 Å². The minimum atomic E-state index is -0.298. The Labute approximate surface area is 118 Å². The van der Waals surface area contributed by atoms with Crippen LogP contribution < -0.4 is 5.73 Å². The van der Waals surface area contributed by atoms with Gasteiger partial charge in [-0.3, -0.25) is 0 Å². The Kier molecular flexibility index (Phi) is 4.23. The van der Waals surface area contributed by atoms with Crippen LogP contribution in [0, 0.1) is 19.7 Å². The van der Waals surface area contributed by atoms with Crippen LogP contribution in [-0.4, -0.2) is 0 Å². The fourth-order valence-electron chi connectivity index (χ4n) is 2.22. The van der Waals surface area contributed by atoms with E-state index in [-0.39, 0.29) is 11.9 Å². The molecule has 2 aromatic carbocycles. The van der Waals surface area contributed by atoms with Crippen LogP contribution in [0.3, 0.4) is 0 Å². The van der Waals surface area contributed by atoms with Crippen LogP contribution in [0.15, 0.2) is 36.4 Å². The molecule has 0 heterocycles. The molecule has 1 atom stereocenters. The van der Waals surface area contributed by atoms with Gasteiger partial charge in [0.1, 0.15) is 5.82 Å². The van der Waals surface area contributed by atoms with Gasteiger partial charge >= 0.3 is 0 Å². The molecule has 19 heavy (non-hydrogen) atoms. The molecular weight excluding hydrogens is 261 g/mol. The van der Waals surface area contributed by atoms with E-state index in [9.17, 15) is 4.39 Å². The third-order valence-electron chi connectivity index (χ3n) is 3.32. The topological polar surface area (TPSA) is 26.0 Å². The van der Waals surface area contributed by atoms with Gasteiger partial charge in [-0.05, 0) is 43.5 Å². The zero-order chi connectivity index (χ0) is 14.0. The fraction of sp³-hybridized carbons (Fsp3) is 0.250. The summed E-state index contributed by atoms with van der Waals surface area (Å²) >= 11 is 6.04. The van der Waals surface area contributed by atoms with Crippen molar-refractivity contribution in [3.05, 3.63) is 69.5 Å². The molecule has 0 aromatic heterocycles. The van der Waals surface area contributed by atoms with Crippen molar-refractivity contribution in [1.82, 2.24) is 0 Å². The lowest BCUT2D eigenvalue weighted by atomic mass is 9.94. The lowest BCUT2D eigenvalue weighted by Crippen LogP contribution is -2.16. The summed E-state index contributed by atoms with van der Waals surface area (Å²) in [6.07, 6.45) is 0.399. The highest BCUT2D eigenvalue weighted by Gasteiger charge is 2.15. The van der Waals surface area contributed by atoms with Crippen molar-refractivity contribution >= 4 is 11.6 Å². The summed E-state index contributed by atoms with van der Waals surface area (Å²) in [6.45, 7) is 4.03. The summed E-state index contributed by atoms with van der Waals surface area (Å²) in [4.78, 5) is 0. The molecule has 0 bridgehead atoms. The summed E-state index contributed by atoms with van der Waals surface area (Å²) in [5, 5.41) is 0.431. The van der Waals surface area contributed by atoms with Gasteiger partial charge in [0.25, 0.3) is 0 Å². The monoisotopic (exact) mass is 277 g/mol. The van der Waals surface area contributed by atoms with Gasteiger partial charge in [0.15, 0.2) is 0 Å². The minimum Gasteiger partial charge on any atom is -0.324 e. The number of hydrogen-bond donors (Lipinski definition) is 1. The van der Waals surface area contributed by atoms with Crippen molar-refractivity contribution in [2.24, 2.45) is 5.73 Å². The Morgan fingerprint density at radius 3 is 2.63 bits per heavy atom. The average molecular weight is 278 g/mol. The van der Waals surface area contributed by atoms with Gasteiger partial charge in [0.2, 0.25) is 0 Å². The van der Waals surface area contributed by atoms with E-state index in [0.29, 0.717) is 17.0 Å². The van der Waals surface area contributed by atoms with Crippen molar-refractivity contribution in [1.29, 1.82) is 0 Å². The van der Waals surface area contributed by atoms with Crippen molar-refractivity contribution in [2.75, 3.05) is 0 Å². The van der Waals surface area contributed by atoms with E-state index in [2.05, 4.69) is 6.07 Å². The van der Waals surface area contributed by atoms with Crippen molar-refractivity contribution in [2.45, 2.75) is 26.3 Å². The zero-order valence-electron chi connectivity index (χ0n) is 11.1. The van der Waals surface area contributed by atoms with Crippen molar-refractivity contribution in [3.8, 4) is 0 Å². The van der Waals surface area contributed by atoms with E-state index in [1.165, 1.54) is 6.07 Å². The molecule has 100 valence electrons. The largest absolute Gasteiger partial charge is 0.324 e. The van der Waals surface area contributed by atoms with Gasteiger partial charge in [-0.25, -0.2) is 4.39 Å². The first-order chi connectivity index (χ1) is 8.99.